The van der Waals surface area contributed by atoms with Crippen LogP contribution in [0.3, 0.4) is 0 Å². The summed E-state index contributed by atoms with van der Waals surface area (Å²) in [6, 6.07) is 0. The van der Waals surface area contributed by atoms with Crippen molar-refractivity contribution in [1.82, 2.24) is 5.32 Å². The van der Waals surface area contributed by atoms with Gasteiger partial charge in [-0.1, -0.05) is 34.1 Å². The molecule has 0 fully saturated rings. The van der Waals surface area contributed by atoms with Crippen LogP contribution < -0.4 is 5.32 Å². The third-order valence-corrected chi connectivity index (χ3v) is 7.43. The Morgan fingerprint density at radius 1 is 1.14 bits per heavy atom. The Morgan fingerprint density at radius 2 is 1.79 bits per heavy atom. The standard InChI is InChI=1S/C20H41NO6S2/c1-6-20(3,4)8-7-10-28-11-9-21-15(23)13-29-19(27-5)18(26)17(25)16(24)14(2)12-22/h14,16-19,22,24-26H,6-13H2,1-5H3,(H,21,23). The Morgan fingerprint density at radius 3 is 2.34 bits per heavy atom. The normalized spacial score (nSPS) is 17.4. The van der Waals surface area contributed by atoms with Crippen LogP contribution >= 0.6 is 23.5 Å². The highest BCUT2D eigenvalue weighted by molar-refractivity contribution is 8.00. The number of methoxy groups -OCH3 is 1. The van der Waals surface area contributed by atoms with E-state index in [0.717, 1.165) is 23.3 Å². The number of hydrogen-bond acceptors (Lipinski definition) is 8. The van der Waals surface area contributed by atoms with Crippen LogP contribution in [0.1, 0.15) is 47.0 Å². The minimum Gasteiger partial charge on any atom is -0.396 e. The summed E-state index contributed by atoms with van der Waals surface area (Å²) in [4.78, 5) is 12.0. The molecule has 0 aromatic carbocycles. The molecule has 0 spiro atoms. The highest BCUT2D eigenvalue weighted by Crippen LogP contribution is 2.26. The highest BCUT2D eigenvalue weighted by Gasteiger charge is 2.34. The van der Waals surface area contributed by atoms with Crippen LogP contribution in [0.2, 0.25) is 0 Å². The van der Waals surface area contributed by atoms with E-state index in [1.807, 2.05) is 11.8 Å². The van der Waals surface area contributed by atoms with E-state index < -0.39 is 29.7 Å². The Kier molecular flexibility index (Phi) is 15.7. The number of carbonyl (C=O) groups excluding carboxylic acids is 1. The average Bonchev–Trinajstić information content (AvgIpc) is 2.71. The van der Waals surface area contributed by atoms with Gasteiger partial charge >= 0.3 is 0 Å². The number of aliphatic hydroxyl groups excluding tert-OH is 4. The van der Waals surface area contributed by atoms with Gasteiger partial charge in [0.2, 0.25) is 5.91 Å². The maximum atomic E-state index is 12.0. The fourth-order valence-electron chi connectivity index (χ4n) is 2.52. The molecule has 0 bridgehead atoms. The van der Waals surface area contributed by atoms with Crippen LogP contribution in [0.15, 0.2) is 0 Å². The van der Waals surface area contributed by atoms with Crippen molar-refractivity contribution in [2.45, 2.75) is 70.7 Å². The number of nitrogens with one attached hydrogen (secondary N) is 1. The molecule has 0 radical (unpaired) electrons. The number of rotatable bonds is 17. The van der Waals surface area contributed by atoms with Gasteiger partial charge in [0.05, 0.1) is 11.9 Å². The zero-order valence-corrected chi connectivity index (χ0v) is 20.1. The quantitative estimate of drug-likeness (QED) is 0.165. The molecular weight excluding hydrogens is 414 g/mol. The SMILES string of the molecule is CCC(C)(C)CCCSCCNC(=O)CSC(OC)C(O)C(O)C(O)C(C)CO. The van der Waals surface area contributed by atoms with Crippen molar-refractivity contribution in [3.8, 4) is 0 Å². The first-order chi connectivity index (χ1) is 13.6. The fraction of sp³-hybridized carbons (Fsp3) is 0.950. The van der Waals surface area contributed by atoms with Gasteiger partial charge in [0.15, 0.2) is 0 Å². The number of thioether (sulfide) groups is 2. The third kappa shape index (κ3) is 12.4. The maximum Gasteiger partial charge on any atom is 0.230 e. The first-order valence-corrected chi connectivity index (χ1v) is 12.4. The summed E-state index contributed by atoms with van der Waals surface area (Å²) < 4.78 is 5.15. The van der Waals surface area contributed by atoms with Gasteiger partial charge in [0.1, 0.15) is 17.6 Å². The molecule has 5 unspecified atom stereocenters. The molecule has 9 heteroatoms. The molecule has 0 aromatic rings. The van der Waals surface area contributed by atoms with Crippen molar-refractivity contribution in [3.63, 3.8) is 0 Å². The molecule has 0 aliphatic rings. The second kappa shape index (κ2) is 15.7. The van der Waals surface area contributed by atoms with Gasteiger partial charge in [0, 0.05) is 31.9 Å². The number of aliphatic hydroxyl groups is 4. The van der Waals surface area contributed by atoms with Crippen molar-refractivity contribution in [2.75, 3.05) is 37.5 Å². The van der Waals surface area contributed by atoms with Gasteiger partial charge in [-0.05, 0) is 24.0 Å². The van der Waals surface area contributed by atoms with Crippen LogP contribution in [0.4, 0.5) is 0 Å². The lowest BCUT2D eigenvalue weighted by Gasteiger charge is -2.30. The molecule has 0 aromatic heterocycles. The van der Waals surface area contributed by atoms with Crippen LogP contribution in [-0.2, 0) is 9.53 Å². The Balaban J connectivity index is 4.06. The molecule has 174 valence electrons. The monoisotopic (exact) mass is 455 g/mol. The first kappa shape index (κ1) is 29.0. The molecule has 5 N–H and O–H groups in total. The van der Waals surface area contributed by atoms with E-state index in [1.54, 1.807) is 6.92 Å². The van der Waals surface area contributed by atoms with E-state index in [9.17, 15) is 20.1 Å². The Bertz CT molecular complexity index is 441. The summed E-state index contributed by atoms with van der Waals surface area (Å²) in [5, 5.41) is 42.1. The second-order valence-corrected chi connectivity index (χ2v) is 10.4. The van der Waals surface area contributed by atoms with Gasteiger partial charge in [-0.15, -0.1) is 11.8 Å². The fourth-order valence-corrected chi connectivity index (χ4v) is 4.23. The van der Waals surface area contributed by atoms with Crippen LogP contribution in [0.5, 0.6) is 0 Å². The lowest BCUT2D eigenvalue weighted by molar-refractivity contribution is -0.118. The van der Waals surface area contributed by atoms with Crippen LogP contribution in [-0.4, -0.2) is 87.6 Å². The minimum absolute atomic E-state index is 0.0727. The summed E-state index contributed by atoms with van der Waals surface area (Å²) in [5.74, 6) is 1.25. The minimum atomic E-state index is -1.48. The predicted octanol–water partition coefficient (Wildman–Crippen LogP) is 1.47. The van der Waals surface area contributed by atoms with Crippen molar-refractivity contribution < 1.29 is 30.0 Å². The van der Waals surface area contributed by atoms with Gasteiger partial charge in [0.25, 0.3) is 0 Å². The molecule has 0 heterocycles. The van der Waals surface area contributed by atoms with Gasteiger partial charge in [-0.25, -0.2) is 0 Å². The van der Waals surface area contributed by atoms with E-state index in [2.05, 4.69) is 26.1 Å². The molecule has 0 aliphatic heterocycles. The van der Waals surface area contributed by atoms with Gasteiger partial charge in [-0.2, -0.15) is 11.8 Å². The van der Waals surface area contributed by atoms with Crippen molar-refractivity contribution in [1.29, 1.82) is 0 Å². The maximum absolute atomic E-state index is 12.0. The molecule has 29 heavy (non-hydrogen) atoms. The second-order valence-electron chi connectivity index (χ2n) is 8.13. The van der Waals surface area contributed by atoms with Gasteiger partial charge < -0.3 is 30.5 Å². The zero-order valence-electron chi connectivity index (χ0n) is 18.5. The summed E-state index contributed by atoms with van der Waals surface area (Å²) in [6.45, 7) is 8.61. The highest BCUT2D eigenvalue weighted by atomic mass is 32.2. The van der Waals surface area contributed by atoms with E-state index >= 15 is 0 Å². The van der Waals surface area contributed by atoms with Crippen LogP contribution in [0, 0.1) is 11.3 Å². The first-order valence-electron chi connectivity index (χ1n) is 10.2. The van der Waals surface area contributed by atoms with Crippen molar-refractivity contribution in [3.05, 3.63) is 0 Å². The van der Waals surface area contributed by atoms with E-state index in [1.165, 1.54) is 26.4 Å². The molecular formula is C20H41NO6S2. The molecule has 0 rings (SSSR count). The Hall–Kier alpha value is -0.0300. The third-order valence-electron chi connectivity index (χ3n) is 5.13. The predicted molar refractivity (Wildman–Crippen MR) is 121 cm³/mol. The number of carbonyl (C=O) groups is 1. The molecule has 5 atom stereocenters. The van der Waals surface area contributed by atoms with Crippen LogP contribution in [0.25, 0.3) is 0 Å². The molecule has 0 saturated heterocycles. The molecule has 0 saturated carbocycles. The number of ether oxygens (including phenoxy) is 1. The summed E-state index contributed by atoms with van der Waals surface area (Å²) in [7, 11) is 1.36. The molecule has 7 nitrogen and oxygen atoms in total. The largest absolute Gasteiger partial charge is 0.396 e. The smallest absolute Gasteiger partial charge is 0.230 e. The summed E-state index contributed by atoms with van der Waals surface area (Å²) in [6.07, 6.45) is -0.596. The van der Waals surface area contributed by atoms with E-state index in [-0.39, 0.29) is 18.3 Å². The van der Waals surface area contributed by atoms with Crippen molar-refractivity contribution >= 4 is 29.4 Å². The average molecular weight is 456 g/mol. The lowest BCUT2D eigenvalue weighted by Crippen LogP contribution is -2.47. The summed E-state index contributed by atoms with van der Waals surface area (Å²) in [5.41, 5.74) is -0.471. The van der Waals surface area contributed by atoms with E-state index in [4.69, 9.17) is 9.84 Å². The lowest BCUT2D eigenvalue weighted by atomic mass is 9.86. The number of hydrogen-bond donors (Lipinski definition) is 5. The Labute approximate surface area is 184 Å². The van der Waals surface area contributed by atoms with Crippen molar-refractivity contribution in [2.24, 2.45) is 11.3 Å². The molecule has 1 amide bonds. The topological polar surface area (TPSA) is 119 Å². The molecule has 0 aliphatic carbocycles. The van der Waals surface area contributed by atoms with Gasteiger partial charge in [-0.3, -0.25) is 4.79 Å². The number of amides is 1. The van der Waals surface area contributed by atoms with E-state index in [0.29, 0.717) is 12.0 Å². The summed E-state index contributed by atoms with van der Waals surface area (Å²) >= 11 is 2.88. The zero-order chi connectivity index (χ0) is 22.4.